The lowest BCUT2D eigenvalue weighted by molar-refractivity contribution is 0.328. The van der Waals surface area contributed by atoms with E-state index in [1.54, 1.807) is 17.5 Å². The summed E-state index contributed by atoms with van der Waals surface area (Å²) in [6, 6.07) is 6.40. The second kappa shape index (κ2) is 6.49. The Morgan fingerprint density at radius 3 is 2.95 bits per heavy atom. The number of pyridine rings is 1. The Hall–Kier alpha value is -1.53. The zero-order valence-corrected chi connectivity index (χ0v) is 13.4. The molecule has 0 aromatic carbocycles. The van der Waals surface area contributed by atoms with Gasteiger partial charge in [0.15, 0.2) is 5.01 Å². The number of rotatable bonds is 3. The molecule has 0 radical (unpaired) electrons. The van der Waals surface area contributed by atoms with Crippen LogP contribution in [-0.4, -0.2) is 52.8 Å². The molecule has 0 saturated carbocycles. The highest BCUT2D eigenvalue weighted by Crippen LogP contribution is 2.30. The zero-order valence-electron chi connectivity index (χ0n) is 12.6. The van der Waals surface area contributed by atoms with E-state index >= 15 is 0 Å². The summed E-state index contributed by atoms with van der Waals surface area (Å²) in [6.45, 7) is 5.55. The molecule has 1 atom stereocenters. The first kappa shape index (κ1) is 14.4. The van der Waals surface area contributed by atoms with E-state index in [-0.39, 0.29) is 0 Å². The van der Waals surface area contributed by atoms with Crippen molar-refractivity contribution in [3.63, 3.8) is 0 Å². The van der Waals surface area contributed by atoms with E-state index in [9.17, 15) is 0 Å². The van der Waals surface area contributed by atoms with Gasteiger partial charge in [-0.2, -0.15) is 0 Å². The van der Waals surface area contributed by atoms with Crippen LogP contribution in [0.15, 0.2) is 24.4 Å². The monoisotopic (exact) mass is 303 g/mol. The molecule has 0 aliphatic carbocycles. The highest BCUT2D eigenvalue weighted by atomic mass is 32.1. The number of aromatic nitrogens is 3. The molecular formula is C15H21N5S. The molecule has 1 aliphatic heterocycles. The van der Waals surface area contributed by atoms with E-state index in [2.05, 4.69) is 39.0 Å². The van der Waals surface area contributed by atoms with Crippen LogP contribution in [0, 0.1) is 0 Å². The van der Waals surface area contributed by atoms with E-state index in [1.807, 2.05) is 18.2 Å². The smallest absolute Gasteiger partial charge is 0.208 e. The molecule has 1 unspecified atom stereocenters. The molecule has 1 fully saturated rings. The number of likely N-dealkylation sites (N-methyl/N-ethyl adjacent to an activating group) is 1. The molecular weight excluding hydrogens is 282 g/mol. The first-order chi connectivity index (χ1) is 10.3. The molecule has 2 aromatic rings. The fourth-order valence-electron chi connectivity index (χ4n) is 2.77. The van der Waals surface area contributed by atoms with Gasteiger partial charge in [-0.15, -0.1) is 10.2 Å². The lowest BCUT2D eigenvalue weighted by Gasteiger charge is -2.29. The van der Waals surface area contributed by atoms with E-state index in [1.165, 1.54) is 6.42 Å². The number of hydrogen-bond donors (Lipinski definition) is 0. The van der Waals surface area contributed by atoms with Gasteiger partial charge in [-0.25, -0.2) is 0 Å². The largest absolute Gasteiger partial charge is 0.342 e. The molecule has 112 valence electrons. The SMILES string of the molecule is CCC1CN(C)CCCN1c1nnc(-c2ccccn2)s1. The van der Waals surface area contributed by atoms with Gasteiger partial charge in [-0.3, -0.25) is 4.98 Å². The summed E-state index contributed by atoms with van der Waals surface area (Å²) < 4.78 is 0. The van der Waals surface area contributed by atoms with Crippen molar-refractivity contribution in [2.24, 2.45) is 0 Å². The average molecular weight is 303 g/mol. The van der Waals surface area contributed by atoms with Gasteiger partial charge in [0.05, 0.1) is 0 Å². The van der Waals surface area contributed by atoms with Crippen LogP contribution in [0.1, 0.15) is 19.8 Å². The molecule has 2 aromatic heterocycles. The lowest BCUT2D eigenvalue weighted by Crippen LogP contribution is -2.39. The second-order valence-electron chi connectivity index (χ2n) is 5.48. The highest BCUT2D eigenvalue weighted by Gasteiger charge is 2.25. The Morgan fingerprint density at radius 2 is 2.19 bits per heavy atom. The summed E-state index contributed by atoms with van der Waals surface area (Å²) >= 11 is 1.64. The minimum Gasteiger partial charge on any atom is -0.342 e. The Balaban J connectivity index is 1.84. The van der Waals surface area contributed by atoms with E-state index in [4.69, 9.17) is 0 Å². The molecule has 3 rings (SSSR count). The molecule has 0 spiro atoms. The molecule has 0 N–H and O–H groups in total. The predicted octanol–water partition coefficient (Wildman–Crippen LogP) is 2.52. The van der Waals surface area contributed by atoms with Gasteiger partial charge < -0.3 is 9.80 Å². The van der Waals surface area contributed by atoms with Gasteiger partial charge in [0.25, 0.3) is 0 Å². The summed E-state index contributed by atoms with van der Waals surface area (Å²) in [6.07, 6.45) is 4.10. The van der Waals surface area contributed by atoms with Gasteiger partial charge >= 0.3 is 0 Å². The summed E-state index contributed by atoms with van der Waals surface area (Å²) in [7, 11) is 2.20. The van der Waals surface area contributed by atoms with Gasteiger partial charge in [0.1, 0.15) is 5.69 Å². The van der Waals surface area contributed by atoms with Crippen LogP contribution >= 0.6 is 11.3 Å². The van der Waals surface area contributed by atoms with Crippen LogP contribution in [0.4, 0.5) is 5.13 Å². The summed E-state index contributed by atoms with van der Waals surface area (Å²) in [5.41, 5.74) is 0.904. The van der Waals surface area contributed by atoms with Crippen LogP contribution in [0.2, 0.25) is 0 Å². The predicted molar refractivity (Wildman–Crippen MR) is 86.7 cm³/mol. The lowest BCUT2D eigenvalue weighted by atomic mass is 10.2. The minimum atomic E-state index is 0.516. The second-order valence-corrected chi connectivity index (χ2v) is 6.43. The maximum absolute atomic E-state index is 4.42. The Kier molecular flexibility index (Phi) is 4.45. The van der Waals surface area contributed by atoms with Crippen LogP contribution < -0.4 is 4.90 Å². The van der Waals surface area contributed by atoms with Crippen LogP contribution in [0.25, 0.3) is 10.7 Å². The van der Waals surface area contributed by atoms with Crippen molar-refractivity contribution in [3.05, 3.63) is 24.4 Å². The topological polar surface area (TPSA) is 45.2 Å². The molecule has 1 saturated heterocycles. The van der Waals surface area contributed by atoms with Gasteiger partial charge in [-0.1, -0.05) is 24.3 Å². The third-order valence-electron chi connectivity index (χ3n) is 3.92. The first-order valence-corrected chi connectivity index (χ1v) is 8.29. The fraction of sp³-hybridized carbons (Fsp3) is 0.533. The van der Waals surface area contributed by atoms with Crippen molar-refractivity contribution in [3.8, 4) is 10.7 Å². The van der Waals surface area contributed by atoms with Crippen LogP contribution in [0.3, 0.4) is 0 Å². The third-order valence-corrected chi connectivity index (χ3v) is 4.90. The number of nitrogens with zero attached hydrogens (tertiary/aromatic N) is 5. The van der Waals surface area contributed by atoms with Crippen LogP contribution in [-0.2, 0) is 0 Å². The normalized spacial score (nSPS) is 20.5. The first-order valence-electron chi connectivity index (χ1n) is 7.48. The molecule has 0 amide bonds. The Bertz CT molecular complexity index is 570. The number of anilines is 1. The van der Waals surface area contributed by atoms with Crippen molar-refractivity contribution >= 4 is 16.5 Å². The average Bonchev–Trinajstić information content (AvgIpc) is 2.92. The number of hydrogen-bond acceptors (Lipinski definition) is 6. The van der Waals surface area contributed by atoms with Crippen molar-refractivity contribution in [1.29, 1.82) is 0 Å². The quantitative estimate of drug-likeness (QED) is 0.872. The fourth-order valence-corrected chi connectivity index (χ4v) is 3.69. The highest BCUT2D eigenvalue weighted by molar-refractivity contribution is 7.18. The van der Waals surface area contributed by atoms with Gasteiger partial charge in [0.2, 0.25) is 5.13 Å². The van der Waals surface area contributed by atoms with E-state index in [0.717, 1.165) is 41.9 Å². The van der Waals surface area contributed by atoms with Crippen LogP contribution in [0.5, 0.6) is 0 Å². The molecule has 21 heavy (non-hydrogen) atoms. The Labute approximate surface area is 129 Å². The molecule has 0 bridgehead atoms. The summed E-state index contributed by atoms with van der Waals surface area (Å²) in [5.74, 6) is 0. The van der Waals surface area contributed by atoms with Crippen molar-refractivity contribution in [2.75, 3.05) is 31.6 Å². The maximum Gasteiger partial charge on any atom is 0.208 e. The summed E-state index contributed by atoms with van der Waals surface area (Å²) in [5, 5.41) is 10.7. The van der Waals surface area contributed by atoms with Crippen molar-refractivity contribution < 1.29 is 0 Å². The Morgan fingerprint density at radius 1 is 1.29 bits per heavy atom. The van der Waals surface area contributed by atoms with Gasteiger partial charge in [-0.05, 0) is 38.6 Å². The molecule has 1 aliphatic rings. The maximum atomic E-state index is 4.42. The van der Waals surface area contributed by atoms with Crippen molar-refractivity contribution in [2.45, 2.75) is 25.8 Å². The van der Waals surface area contributed by atoms with E-state index in [0.29, 0.717) is 6.04 Å². The molecule has 6 heteroatoms. The van der Waals surface area contributed by atoms with Crippen molar-refractivity contribution in [1.82, 2.24) is 20.1 Å². The molecule has 3 heterocycles. The standard InChI is InChI=1S/C15H21N5S/c1-3-12-11-19(2)9-6-10-20(12)15-18-17-14(21-15)13-7-4-5-8-16-13/h4-5,7-8,12H,3,6,9-11H2,1-2H3. The minimum absolute atomic E-state index is 0.516. The van der Waals surface area contributed by atoms with Gasteiger partial charge in [0, 0.05) is 25.3 Å². The van der Waals surface area contributed by atoms with E-state index < -0.39 is 0 Å². The third kappa shape index (κ3) is 3.22. The summed E-state index contributed by atoms with van der Waals surface area (Å²) in [4.78, 5) is 9.19. The zero-order chi connectivity index (χ0) is 14.7. The molecule has 5 nitrogen and oxygen atoms in total.